The smallest absolute Gasteiger partial charge is 0.465 e. The van der Waals surface area contributed by atoms with Gasteiger partial charge in [0.2, 0.25) is 0 Å². The van der Waals surface area contributed by atoms with E-state index >= 15 is 0 Å². The van der Waals surface area contributed by atoms with Crippen molar-refractivity contribution in [2.45, 2.75) is 57.6 Å². The molecule has 0 bridgehead atoms. The number of nitro benzene ring substituents is 1. The first-order chi connectivity index (χ1) is 14.5. The fourth-order valence-electron chi connectivity index (χ4n) is 3.52. The van der Waals surface area contributed by atoms with Crippen LogP contribution in [0, 0.1) is 10.1 Å². The summed E-state index contributed by atoms with van der Waals surface area (Å²) in [5, 5.41) is 26.7. The zero-order valence-corrected chi connectivity index (χ0v) is 17.4. The first kappa shape index (κ1) is 22.1. The van der Waals surface area contributed by atoms with Crippen molar-refractivity contribution in [3.8, 4) is 5.75 Å². The molecule has 0 aliphatic heterocycles. The molecule has 0 radical (unpaired) electrons. The number of ether oxygens (including phenoxy) is 2. The molecule has 0 spiro atoms. The van der Waals surface area contributed by atoms with Crippen LogP contribution in [0.15, 0.2) is 30.3 Å². The number of benzene rings is 1. The highest BCUT2D eigenvalue weighted by atomic mass is 16.7. The zero-order chi connectivity index (χ0) is 22.8. The van der Waals surface area contributed by atoms with E-state index in [1.165, 1.54) is 24.3 Å². The predicted octanol–water partition coefficient (Wildman–Crippen LogP) is 4.49. The van der Waals surface area contributed by atoms with Crippen LogP contribution in [0.2, 0.25) is 0 Å². The van der Waals surface area contributed by atoms with Crippen molar-refractivity contribution in [1.82, 2.24) is 9.78 Å². The first-order valence-electron chi connectivity index (χ1n) is 9.76. The van der Waals surface area contributed by atoms with Crippen LogP contribution in [0.3, 0.4) is 0 Å². The van der Waals surface area contributed by atoms with E-state index in [9.17, 15) is 19.7 Å². The predicted molar refractivity (Wildman–Crippen MR) is 109 cm³/mol. The molecule has 2 N–H and O–H groups in total. The molecule has 1 fully saturated rings. The van der Waals surface area contributed by atoms with Crippen molar-refractivity contribution in [1.29, 1.82) is 0 Å². The summed E-state index contributed by atoms with van der Waals surface area (Å²) >= 11 is 0. The number of hydrogen-bond acceptors (Lipinski definition) is 7. The second-order valence-corrected chi connectivity index (χ2v) is 8.32. The van der Waals surface area contributed by atoms with E-state index in [1.807, 2.05) is 20.8 Å². The van der Waals surface area contributed by atoms with Gasteiger partial charge in [-0.3, -0.25) is 15.4 Å². The molecule has 1 heterocycles. The lowest BCUT2D eigenvalue weighted by atomic mass is 10.0. The lowest BCUT2D eigenvalue weighted by Crippen LogP contribution is -2.26. The van der Waals surface area contributed by atoms with Gasteiger partial charge in [0.05, 0.1) is 16.2 Å². The molecule has 0 saturated heterocycles. The lowest BCUT2D eigenvalue weighted by molar-refractivity contribution is -0.384. The lowest BCUT2D eigenvalue weighted by Gasteiger charge is -2.22. The van der Waals surface area contributed by atoms with Crippen molar-refractivity contribution in [3.63, 3.8) is 0 Å². The van der Waals surface area contributed by atoms with Gasteiger partial charge < -0.3 is 14.6 Å². The molecule has 2 aromatic rings. The maximum Gasteiger partial charge on any atom is 0.514 e. The van der Waals surface area contributed by atoms with Gasteiger partial charge in [0, 0.05) is 24.1 Å². The molecule has 1 aromatic heterocycles. The molecule has 0 unspecified atom stereocenters. The maximum atomic E-state index is 12.1. The number of nitrogens with zero attached hydrogens (tertiary/aromatic N) is 3. The molecule has 1 aliphatic rings. The van der Waals surface area contributed by atoms with Crippen LogP contribution in [-0.2, 0) is 10.3 Å². The third-order valence-corrected chi connectivity index (χ3v) is 4.91. The van der Waals surface area contributed by atoms with Gasteiger partial charge in [-0.15, -0.1) is 0 Å². The first-order valence-corrected chi connectivity index (χ1v) is 9.76. The second-order valence-electron chi connectivity index (χ2n) is 8.32. The molecular formula is C20H24N4O7. The highest BCUT2D eigenvalue weighted by Gasteiger charge is 2.32. The number of carbonyl (C=O) groups excluding carboxylic acids is 1. The largest absolute Gasteiger partial charge is 0.514 e. The molecule has 11 nitrogen and oxygen atoms in total. The number of nitrogens with one attached hydrogen (secondary N) is 1. The number of hydrogen-bond donors (Lipinski definition) is 2. The fraction of sp³-hybridized carbons (Fsp3) is 0.450. The van der Waals surface area contributed by atoms with Gasteiger partial charge in [0.1, 0.15) is 17.7 Å². The van der Waals surface area contributed by atoms with E-state index in [0.29, 0.717) is 18.7 Å². The molecule has 1 amide bonds. The normalized spacial score (nSPS) is 18.4. The van der Waals surface area contributed by atoms with Crippen LogP contribution >= 0.6 is 0 Å². The van der Waals surface area contributed by atoms with Crippen molar-refractivity contribution in [3.05, 3.63) is 46.1 Å². The molecule has 2 atom stereocenters. The summed E-state index contributed by atoms with van der Waals surface area (Å²) in [6, 6.07) is 6.84. The second kappa shape index (κ2) is 8.62. The number of amides is 1. The highest BCUT2D eigenvalue weighted by Crippen LogP contribution is 2.37. The maximum absolute atomic E-state index is 12.1. The molecule has 166 valence electrons. The number of carboxylic acid groups (broad SMARTS) is 1. The third-order valence-electron chi connectivity index (χ3n) is 4.91. The SMILES string of the molecule is CC(C)(C)n1nc([C@H]2CC[C@@H](OC(=O)Oc3ccc([N+](=O)[O-])cc3)C2)cc1NC(=O)O. The summed E-state index contributed by atoms with van der Waals surface area (Å²) in [5.41, 5.74) is 0.207. The fourth-order valence-corrected chi connectivity index (χ4v) is 3.52. The van der Waals surface area contributed by atoms with E-state index in [4.69, 9.17) is 14.6 Å². The molecule has 3 rings (SSSR count). The minimum atomic E-state index is -1.17. The zero-order valence-electron chi connectivity index (χ0n) is 17.4. The van der Waals surface area contributed by atoms with E-state index in [0.717, 1.165) is 12.1 Å². The average Bonchev–Trinajstić information content (AvgIpc) is 3.28. The number of anilines is 1. The quantitative estimate of drug-likeness (QED) is 0.304. The summed E-state index contributed by atoms with van der Waals surface area (Å²) in [4.78, 5) is 33.3. The van der Waals surface area contributed by atoms with Gasteiger partial charge in [0.15, 0.2) is 0 Å². The van der Waals surface area contributed by atoms with E-state index in [-0.39, 0.29) is 23.5 Å². The Morgan fingerprint density at radius 1 is 1.26 bits per heavy atom. The van der Waals surface area contributed by atoms with Crippen molar-refractivity contribution in [2.75, 3.05) is 5.32 Å². The minimum Gasteiger partial charge on any atom is -0.465 e. The third kappa shape index (κ3) is 5.50. The van der Waals surface area contributed by atoms with Crippen molar-refractivity contribution >= 4 is 23.8 Å². The van der Waals surface area contributed by atoms with Crippen LogP contribution in [0.5, 0.6) is 5.75 Å². The highest BCUT2D eigenvalue weighted by molar-refractivity contribution is 5.81. The number of rotatable bonds is 5. The Labute approximate surface area is 178 Å². The standard InChI is InChI=1S/C20H24N4O7/c1-20(2,3)23-17(21-18(25)26)11-16(22-23)12-4-7-15(10-12)31-19(27)30-14-8-5-13(6-9-14)24(28)29/h5-6,8-9,11-12,15,21H,4,7,10H2,1-3H3,(H,25,26)/t12-,15+/m0/s1. The summed E-state index contributed by atoms with van der Waals surface area (Å²) in [6.07, 6.45) is -0.547. The van der Waals surface area contributed by atoms with E-state index in [2.05, 4.69) is 10.4 Å². The Kier molecular flexibility index (Phi) is 6.14. The summed E-state index contributed by atoms with van der Waals surface area (Å²) < 4.78 is 12.1. The van der Waals surface area contributed by atoms with E-state index in [1.54, 1.807) is 10.7 Å². The molecule has 31 heavy (non-hydrogen) atoms. The Balaban J connectivity index is 1.61. The van der Waals surface area contributed by atoms with Crippen molar-refractivity contribution in [2.24, 2.45) is 0 Å². The van der Waals surface area contributed by atoms with Gasteiger partial charge in [-0.25, -0.2) is 14.3 Å². The van der Waals surface area contributed by atoms with Crippen LogP contribution in [-0.4, -0.2) is 38.2 Å². The molecule has 1 saturated carbocycles. The van der Waals surface area contributed by atoms with Crippen LogP contribution in [0.4, 0.5) is 21.1 Å². The average molecular weight is 432 g/mol. The summed E-state index contributed by atoms with van der Waals surface area (Å²) in [7, 11) is 0. The molecule has 11 heteroatoms. The Hall–Kier alpha value is -3.63. The summed E-state index contributed by atoms with van der Waals surface area (Å²) in [5.74, 6) is 0.547. The molecule has 1 aromatic carbocycles. The number of non-ortho nitro benzene ring substituents is 1. The number of carbonyl (C=O) groups is 2. The van der Waals surface area contributed by atoms with E-state index < -0.39 is 22.7 Å². The van der Waals surface area contributed by atoms with Gasteiger partial charge in [0.25, 0.3) is 5.69 Å². The minimum absolute atomic E-state index is 0.00937. The van der Waals surface area contributed by atoms with Gasteiger partial charge in [-0.2, -0.15) is 5.10 Å². The summed E-state index contributed by atoms with van der Waals surface area (Å²) in [6.45, 7) is 5.77. The number of aromatic nitrogens is 2. The van der Waals surface area contributed by atoms with Gasteiger partial charge in [-0.05, 0) is 52.2 Å². The van der Waals surface area contributed by atoms with Crippen LogP contribution in [0.25, 0.3) is 0 Å². The van der Waals surface area contributed by atoms with Crippen molar-refractivity contribution < 1.29 is 29.1 Å². The Morgan fingerprint density at radius 2 is 1.94 bits per heavy atom. The van der Waals surface area contributed by atoms with Gasteiger partial charge in [-0.1, -0.05) is 0 Å². The Bertz CT molecular complexity index is 978. The Morgan fingerprint density at radius 3 is 2.52 bits per heavy atom. The topological polar surface area (TPSA) is 146 Å². The van der Waals surface area contributed by atoms with Gasteiger partial charge >= 0.3 is 12.2 Å². The van der Waals surface area contributed by atoms with Crippen LogP contribution in [0.1, 0.15) is 51.6 Å². The number of nitro groups is 1. The molecule has 1 aliphatic carbocycles. The molecular weight excluding hydrogens is 408 g/mol. The van der Waals surface area contributed by atoms with Crippen LogP contribution < -0.4 is 10.1 Å². The monoisotopic (exact) mass is 432 g/mol.